The molecule has 1 heterocycles. The van der Waals surface area contributed by atoms with Crippen molar-refractivity contribution in [2.45, 2.75) is 51.0 Å². The van der Waals surface area contributed by atoms with Gasteiger partial charge in [-0.3, -0.25) is 4.79 Å². The summed E-state index contributed by atoms with van der Waals surface area (Å²) in [6.07, 6.45) is 8.88. The Kier molecular flexibility index (Phi) is 8.05. The molecule has 0 saturated heterocycles. The van der Waals surface area contributed by atoms with E-state index in [4.69, 9.17) is 0 Å². The monoisotopic (exact) mass is 368 g/mol. The molecule has 1 aliphatic rings. The molecule has 1 amide bonds. The summed E-state index contributed by atoms with van der Waals surface area (Å²) in [5.74, 6) is -0.0922. The first-order chi connectivity index (χ1) is 13.3. The van der Waals surface area contributed by atoms with Crippen LogP contribution >= 0.6 is 0 Å². The SMILES string of the molecule is O=C(NCCCCNCCNC1CCCCC1)c1ccc2ccccc2n1. The Morgan fingerprint density at radius 1 is 0.926 bits per heavy atom. The Bertz CT molecular complexity index is 712. The van der Waals surface area contributed by atoms with Crippen LogP contribution < -0.4 is 16.0 Å². The Hall–Kier alpha value is -1.98. The van der Waals surface area contributed by atoms with Crippen molar-refractivity contribution in [2.24, 2.45) is 0 Å². The second-order valence-corrected chi connectivity index (χ2v) is 7.39. The van der Waals surface area contributed by atoms with Gasteiger partial charge >= 0.3 is 0 Å². The molecule has 1 aromatic carbocycles. The lowest BCUT2D eigenvalue weighted by molar-refractivity contribution is 0.0948. The van der Waals surface area contributed by atoms with Crippen LogP contribution in [0, 0.1) is 0 Å². The Balaban J connectivity index is 1.22. The van der Waals surface area contributed by atoms with Gasteiger partial charge < -0.3 is 16.0 Å². The van der Waals surface area contributed by atoms with E-state index < -0.39 is 0 Å². The first-order valence-electron chi connectivity index (χ1n) is 10.4. The molecule has 0 spiro atoms. The molecule has 0 aliphatic heterocycles. The number of hydrogen-bond acceptors (Lipinski definition) is 4. The number of benzene rings is 1. The number of aromatic nitrogens is 1. The minimum Gasteiger partial charge on any atom is -0.351 e. The van der Waals surface area contributed by atoms with Crippen molar-refractivity contribution in [1.29, 1.82) is 0 Å². The standard InChI is InChI=1S/C22H32N4O/c27-22(21-13-12-18-8-4-5-11-20(18)26-21)25-15-7-6-14-23-16-17-24-19-9-2-1-3-10-19/h4-5,8,11-13,19,23-24H,1-3,6-7,9-10,14-17H2,(H,25,27). The minimum absolute atomic E-state index is 0.0922. The number of hydrogen-bond donors (Lipinski definition) is 3. The quantitative estimate of drug-likeness (QED) is 0.563. The van der Waals surface area contributed by atoms with E-state index >= 15 is 0 Å². The van der Waals surface area contributed by atoms with E-state index in [1.807, 2.05) is 30.3 Å². The van der Waals surface area contributed by atoms with Gasteiger partial charge in [-0.25, -0.2) is 4.98 Å². The van der Waals surface area contributed by atoms with Gasteiger partial charge in [-0.2, -0.15) is 0 Å². The van der Waals surface area contributed by atoms with Gasteiger partial charge in [-0.1, -0.05) is 43.5 Å². The first kappa shape index (κ1) is 19.8. The third kappa shape index (κ3) is 6.60. The van der Waals surface area contributed by atoms with Gasteiger partial charge in [0.05, 0.1) is 5.52 Å². The Labute approximate surface area is 162 Å². The zero-order valence-electron chi connectivity index (χ0n) is 16.2. The van der Waals surface area contributed by atoms with Gasteiger partial charge in [0, 0.05) is 31.1 Å². The molecule has 0 atom stereocenters. The number of fused-ring (bicyclic) bond motifs is 1. The van der Waals surface area contributed by atoms with E-state index in [0.29, 0.717) is 12.2 Å². The topological polar surface area (TPSA) is 66.1 Å². The third-order valence-electron chi connectivity index (χ3n) is 5.24. The number of rotatable bonds is 10. The average Bonchev–Trinajstić information content (AvgIpc) is 2.72. The number of unbranched alkanes of at least 4 members (excludes halogenated alkanes) is 1. The molecule has 1 fully saturated rings. The van der Waals surface area contributed by atoms with E-state index in [9.17, 15) is 4.79 Å². The molecule has 0 unspecified atom stereocenters. The molecule has 146 valence electrons. The van der Waals surface area contributed by atoms with Gasteiger partial charge in [0.2, 0.25) is 0 Å². The molecule has 5 heteroatoms. The van der Waals surface area contributed by atoms with Crippen LogP contribution in [-0.4, -0.2) is 43.1 Å². The second kappa shape index (κ2) is 11.0. The Morgan fingerprint density at radius 3 is 2.63 bits per heavy atom. The van der Waals surface area contributed by atoms with Crippen LogP contribution in [0.2, 0.25) is 0 Å². The number of nitrogens with one attached hydrogen (secondary N) is 3. The van der Waals surface area contributed by atoms with Gasteiger partial charge in [0.25, 0.3) is 5.91 Å². The van der Waals surface area contributed by atoms with Crippen molar-refractivity contribution in [1.82, 2.24) is 20.9 Å². The fraction of sp³-hybridized carbons (Fsp3) is 0.545. The van der Waals surface area contributed by atoms with Gasteiger partial charge in [0.15, 0.2) is 0 Å². The highest BCUT2D eigenvalue weighted by Crippen LogP contribution is 2.16. The smallest absolute Gasteiger partial charge is 0.269 e. The van der Waals surface area contributed by atoms with Crippen molar-refractivity contribution >= 4 is 16.8 Å². The molecular weight excluding hydrogens is 336 g/mol. The lowest BCUT2D eigenvalue weighted by Gasteiger charge is -2.22. The molecule has 0 radical (unpaired) electrons. The van der Waals surface area contributed by atoms with Crippen LogP contribution in [0.4, 0.5) is 0 Å². The van der Waals surface area contributed by atoms with Crippen LogP contribution in [-0.2, 0) is 0 Å². The zero-order valence-corrected chi connectivity index (χ0v) is 16.2. The molecule has 0 bridgehead atoms. The maximum atomic E-state index is 12.2. The van der Waals surface area contributed by atoms with E-state index in [-0.39, 0.29) is 5.91 Å². The number of carbonyl (C=O) groups is 1. The van der Waals surface area contributed by atoms with Crippen LogP contribution in [0.15, 0.2) is 36.4 Å². The van der Waals surface area contributed by atoms with Gasteiger partial charge in [-0.05, 0) is 44.4 Å². The zero-order chi connectivity index (χ0) is 18.7. The van der Waals surface area contributed by atoms with Gasteiger partial charge in [0.1, 0.15) is 5.69 Å². The van der Waals surface area contributed by atoms with Crippen LogP contribution in [0.3, 0.4) is 0 Å². The lowest BCUT2D eigenvalue weighted by Crippen LogP contribution is -2.36. The van der Waals surface area contributed by atoms with E-state index in [0.717, 1.165) is 49.4 Å². The Morgan fingerprint density at radius 2 is 1.74 bits per heavy atom. The molecule has 1 aliphatic carbocycles. The predicted octanol–water partition coefficient (Wildman–Crippen LogP) is 3.26. The molecule has 1 aromatic heterocycles. The van der Waals surface area contributed by atoms with Crippen molar-refractivity contribution in [2.75, 3.05) is 26.2 Å². The van der Waals surface area contributed by atoms with Gasteiger partial charge in [-0.15, -0.1) is 0 Å². The largest absolute Gasteiger partial charge is 0.351 e. The number of carbonyl (C=O) groups excluding carboxylic acids is 1. The summed E-state index contributed by atoms with van der Waals surface area (Å²) in [5, 5.41) is 11.1. The van der Waals surface area contributed by atoms with Crippen molar-refractivity contribution in [3.63, 3.8) is 0 Å². The number of pyridine rings is 1. The summed E-state index contributed by atoms with van der Waals surface area (Å²) >= 11 is 0. The van der Waals surface area contributed by atoms with Crippen LogP contribution in [0.5, 0.6) is 0 Å². The van der Waals surface area contributed by atoms with E-state index in [1.165, 1.54) is 32.1 Å². The molecule has 3 N–H and O–H groups in total. The molecular formula is C22H32N4O. The molecule has 3 rings (SSSR count). The molecule has 1 saturated carbocycles. The lowest BCUT2D eigenvalue weighted by atomic mass is 9.95. The highest BCUT2D eigenvalue weighted by molar-refractivity contribution is 5.94. The molecule has 5 nitrogen and oxygen atoms in total. The normalized spacial score (nSPS) is 15.1. The molecule has 27 heavy (non-hydrogen) atoms. The third-order valence-corrected chi connectivity index (χ3v) is 5.24. The maximum absolute atomic E-state index is 12.2. The van der Waals surface area contributed by atoms with Crippen LogP contribution in [0.1, 0.15) is 55.4 Å². The summed E-state index contributed by atoms with van der Waals surface area (Å²) in [6.45, 7) is 3.75. The summed E-state index contributed by atoms with van der Waals surface area (Å²) in [6, 6.07) is 12.3. The minimum atomic E-state index is -0.0922. The number of amides is 1. The summed E-state index contributed by atoms with van der Waals surface area (Å²) in [4.78, 5) is 16.6. The number of nitrogens with zero attached hydrogens (tertiary/aromatic N) is 1. The summed E-state index contributed by atoms with van der Waals surface area (Å²) in [7, 11) is 0. The van der Waals surface area contributed by atoms with Crippen molar-refractivity contribution in [3.05, 3.63) is 42.1 Å². The van der Waals surface area contributed by atoms with E-state index in [2.05, 4.69) is 20.9 Å². The molecule has 2 aromatic rings. The fourth-order valence-electron chi connectivity index (χ4n) is 3.66. The second-order valence-electron chi connectivity index (χ2n) is 7.39. The summed E-state index contributed by atoms with van der Waals surface area (Å²) < 4.78 is 0. The average molecular weight is 369 g/mol. The van der Waals surface area contributed by atoms with E-state index in [1.54, 1.807) is 6.07 Å². The highest BCUT2D eigenvalue weighted by atomic mass is 16.1. The summed E-state index contributed by atoms with van der Waals surface area (Å²) in [5.41, 5.74) is 1.34. The van der Waals surface area contributed by atoms with Crippen molar-refractivity contribution in [3.8, 4) is 0 Å². The predicted molar refractivity (Wildman–Crippen MR) is 111 cm³/mol. The van der Waals surface area contributed by atoms with Crippen LogP contribution in [0.25, 0.3) is 10.9 Å². The number of para-hydroxylation sites is 1. The fourth-order valence-corrected chi connectivity index (χ4v) is 3.66. The first-order valence-corrected chi connectivity index (χ1v) is 10.4. The maximum Gasteiger partial charge on any atom is 0.269 e. The van der Waals surface area contributed by atoms with Crippen molar-refractivity contribution < 1.29 is 4.79 Å². The highest BCUT2D eigenvalue weighted by Gasteiger charge is 2.11.